The molecule has 3 aliphatic heterocycles. The van der Waals surface area contributed by atoms with Gasteiger partial charge in [0.05, 0.1) is 18.1 Å². The fourth-order valence-electron chi connectivity index (χ4n) is 5.28. The Kier molecular flexibility index (Phi) is 5.82. The Bertz CT molecular complexity index is 854. The van der Waals surface area contributed by atoms with Gasteiger partial charge in [-0.1, -0.05) is 19.1 Å². The van der Waals surface area contributed by atoms with Gasteiger partial charge in [-0.2, -0.15) is 11.8 Å². The molecule has 3 saturated heterocycles. The summed E-state index contributed by atoms with van der Waals surface area (Å²) < 4.78 is 14.1. The van der Waals surface area contributed by atoms with Crippen molar-refractivity contribution in [2.45, 2.75) is 61.5 Å². The summed E-state index contributed by atoms with van der Waals surface area (Å²) in [4.78, 5) is 25.9. The number of β-lactam (4-membered cyclic amide) rings is 1. The second-order valence-electron chi connectivity index (χ2n) is 8.62. The number of rotatable bonds is 6. The summed E-state index contributed by atoms with van der Waals surface area (Å²) in [6.07, 6.45) is -0.0385. The molecule has 7 nitrogen and oxygen atoms in total. The molecule has 0 aliphatic carbocycles. The summed E-state index contributed by atoms with van der Waals surface area (Å²) in [5, 5.41) is 23.1. The summed E-state index contributed by atoms with van der Waals surface area (Å²) >= 11 is 1.60. The maximum absolute atomic E-state index is 14.1. The number of carbonyl (C=O) groups excluding carboxylic acids is 1. The molecule has 0 aromatic heterocycles. The maximum atomic E-state index is 14.1. The largest absolute Gasteiger partial charge is 0.480 e. The van der Waals surface area contributed by atoms with Gasteiger partial charge in [-0.3, -0.25) is 4.79 Å². The molecule has 1 amide bonds. The highest BCUT2D eigenvalue weighted by Gasteiger charge is 2.64. The van der Waals surface area contributed by atoms with Crippen LogP contribution in [-0.4, -0.2) is 62.2 Å². The van der Waals surface area contributed by atoms with E-state index < -0.39 is 24.0 Å². The number of fused-ring (bicyclic) bond motifs is 1. The van der Waals surface area contributed by atoms with E-state index in [1.165, 1.54) is 11.0 Å². The predicted octanol–water partition coefficient (Wildman–Crippen LogP) is 1.10. The molecular formula is C21H28FN3O4S. The zero-order chi connectivity index (χ0) is 21.7. The number of aliphatic hydroxyl groups excluding tert-OH is 1. The topological polar surface area (TPSA) is 116 Å². The van der Waals surface area contributed by atoms with Crippen LogP contribution in [0.15, 0.2) is 18.2 Å². The molecule has 0 saturated carbocycles. The van der Waals surface area contributed by atoms with Crippen molar-refractivity contribution in [3.8, 4) is 0 Å². The molecule has 164 valence electrons. The van der Waals surface area contributed by atoms with Crippen LogP contribution >= 0.6 is 11.8 Å². The van der Waals surface area contributed by atoms with E-state index in [4.69, 9.17) is 5.73 Å². The van der Waals surface area contributed by atoms with Gasteiger partial charge in [-0.05, 0) is 30.9 Å². The molecule has 2 unspecified atom stereocenters. The molecule has 0 radical (unpaired) electrons. The number of halogens is 1. The minimum atomic E-state index is -0.999. The first-order chi connectivity index (χ1) is 14.2. The molecule has 30 heavy (non-hydrogen) atoms. The Morgan fingerprint density at radius 2 is 2.20 bits per heavy atom. The molecular weight excluding hydrogens is 409 g/mol. The third kappa shape index (κ3) is 3.41. The van der Waals surface area contributed by atoms with E-state index in [9.17, 15) is 24.2 Å². The van der Waals surface area contributed by atoms with E-state index in [0.717, 1.165) is 12.0 Å². The monoisotopic (exact) mass is 437 g/mol. The zero-order valence-electron chi connectivity index (χ0n) is 17.0. The summed E-state index contributed by atoms with van der Waals surface area (Å²) in [5.41, 5.74) is 6.87. The van der Waals surface area contributed by atoms with Crippen molar-refractivity contribution >= 4 is 23.6 Å². The Balaban J connectivity index is 1.47. The van der Waals surface area contributed by atoms with E-state index in [2.05, 4.69) is 5.32 Å². The van der Waals surface area contributed by atoms with Gasteiger partial charge in [0.15, 0.2) is 0 Å². The van der Waals surface area contributed by atoms with Crippen LogP contribution < -0.4 is 11.1 Å². The summed E-state index contributed by atoms with van der Waals surface area (Å²) in [7, 11) is 0. The van der Waals surface area contributed by atoms with Crippen LogP contribution in [0.5, 0.6) is 0 Å². The first-order valence-corrected chi connectivity index (χ1v) is 11.3. The van der Waals surface area contributed by atoms with E-state index in [1.54, 1.807) is 24.8 Å². The van der Waals surface area contributed by atoms with Crippen LogP contribution in [0.1, 0.15) is 37.4 Å². The average Bonchev–Trinajstić information content (AvgIpc) is 3.24. The number of carboxylic acid groups (broad SMARTS) is 1. The highest BCUT2D eigenvalue weighted by Crippen LogP contribution is 2.50. The third-order valence-corrected chi connectivity index (χ3v) is 8.55. The number of amides is 1. The van der Waals surface area contributed by atoms with Crippen molar-refractivity contribution in [3.63, 3.8) is 0 Å². The van der Waals surface area contributed by atoms with E-state index in [1.807, 2.05) is 13.0 Å². The first-order valence-electron chi connectivity index (χ1n) is 10.3. The van der Waals surface area contributed by atoms with Crippen molar-refractivity contribution in [1.29, 1.82) is 0 Å². The number of hydrogen-bond donors (Lipinski definition) is 4. The molecule has 1 aromatic rings. The first kappa shape index (κ1) is 21.5. The number of aliphatic hydroxyl groups is 1. The van der Waals surface area contributed by atoms with Crippen molar-refractivity contribution in [1.82, 2.24) is 10.2 Å². The predicted molar refractivity (Wildman–Crippen MR) is 111 cm³/mol. The highest BCUT2D eigenvalue weighted by atomic mass is 32.2. The summed E-state index contributed by atoms with van der Waals surface area (Å²) in [6.45, 7) is 4.40. The molecule has 3 aliphatic rings. The van der Waals surface area contributed by atoms with Crippen LogP contribution in [0.25, 0.3) is 0 Å². The molecule has 9 heteroatoms. The number of nitrogens with two attached hydrogens (primary N) is 1. The molecule has 0 bridgehead atoms. The van der Waals surface area contributed by atoms with Crippen molar-refractivity contribution in [2.24, 2.45) is 17.6 Å². The minimum Gasteiger partial charge on any atom is -0.480 e. The zero-order valence-corrected chi connectivity index (χ0v) is 17.8. The van der Waals surface area contributed by atoms with Gasteiger partial charge in [-0.15, -0.1) is 0 Å². The summed E-state index contributed by atoms with van der Waals surface area (Å²) in [6, 6.07) is 3.98. The van der Waals surface area contributed by atoms with E-state index >= 15 is 0 Å². The number of nitrogens with one attached hydrogen (secondary N) is 1. The van der Waals surface area contributed by atoms with Crippen molar-refractivity contribution in [3.05, 3.63) is 35.1 Å². The van der Waals surface area contributed by atoms with Gasteiger partial charge in [-0.25, -0.2) is 9.18 Å². The lowest BCUT2D eigenvalue weighted by Crippen LogP contribution is -2.65. The normalized spacial score (nSPS) is 36.5. The van der Waals surface area contributed by atoms with E-state index in [-0.39, 0.29) is 46.8 Å². The molecule has 5 N–H and O–H groups in total. The second kappa shape index (κ2) is 8.11. The standard InChI is InChI=1S/C21H28FN3O4S/c1-9-17-16(10(2)26)20(27)25(17)18(21(28)29)19(9)30-13-6-15(24-8-13)11-3-4-12(7-23)14(22)5-11/h3-5,9-10,13,15-19,24,26H,6-8,23H2,1-2H3,(H,28,29)/t9-,10-,13+,15-,16-,17-,18?,19?/m1/s1. The van der Waals surface area contributed by atoms with Gasteiger partial charge in [0.25, 0.3) is 0 Å². The average molecular weight is 438 g/mol. The Morgan fingerprint density at radius 3 is 2.80 bits per heavy atom. The highest BCUT2D eigenvalue weighted by molar-refractivity contribution is 8.00. The number of nitrogens with zero attached hydrogens (tertiary/aromatic N) is 1. The molecule has 3 fully saturated rings. The number of thioether (sulfide) groups is 1. The van der Waals surface area contributed by atoms with E-state index in [0.29, 0.717) is 12.1 Å². The SMILES string of the molecule is C[C@@H](O)[C@H]1C(=O)N2C(C(=O)O)C(S[C@@H]3CN[C@@H](c4ccc(CN)c(F)c4)C3)[C@H](C)[C@H]12. The maximum Gasteiger partial charge on any atom is 0.327 e. The molecule has 8 atom stereocenters. The smallest absolute Gasteiger partial charge is 0.327 e. The molecule has 0 spiro atoms. The van der Waals surface area contributed by atoms with Crippen molar-refractivity contribution < 1.29 is 24.2 Å². The Hall–Kier alpha value is -1.68. The van der Waals surface area contributed by atoms with Crippen LogP contribution in [-0.2, 0) is 16.1 Å². The minimum absolute atomic E-state index is 0.00677. The number of benzene rings is 1. The number of aliphatic carboxylic acids is 1. The second-order valence-corrected chi connectivity index (χ2v) is 10.1. The lowest BCUT2D eigenvalue weighted by molar-refractivity contribution is -0.170. The fraction of sp³-hybridized carbons (Fsp3) is 0.619. The quantitative estimate of drug-likeness (QED) is 0.493. The molecule has 4 rings (SSSR count). The van der Waals surface area contributed by atoms with Crippen LogP contribution in [0.4, 0.5) is 4.39 Å². The Morgan fingerprint density at radius 1 is 1.47 bits per heavy atom. The number of carbonyl (C=O) groups is 2. The van der Waals surface area contributed by atoms with Crippen LogP contribution in [0.3, 0.4) is 0 Å². The lowest BCUT2D eigenvalue weighted by Gasteiger charge is -2.47. The van der Waals surface area contributed by atoms with Gasteiger partial charge in [0, 0.05) is 35.2 Å². The number of hydrogen-bond acceptors (Lipinski definition) is 6. The molecule has 1 aromatic carbocycles. The van der Waals surface area contributed by atoms with Gasteiger partial charge < -0.3 is 26.2 Å². The Labute approximate surface area is 179 Å². The lowest BCUT2D eigenvalue weighted by atomic mass is 9.79. The molecule has 3 heterocycles. The van der Waals surface area contributed by atoms with Gasteiger partial charge in [0.1, 0.15) is 11.9 Å². The van der Waals surface area contributed by atoms with Gasteiger partial charge in [0.2, 0.25) is 5.91 Å². The van der Waals surface area contributed by atoms with Crippen LogP contribution in [0, 0.1) is 17.7 Å². The van der Waals surface area contributed by atoms with Crippen molar-refractivity contribution in [2.75, 3.05) is 6.54 Å². The fourth-order valence-corrected chi connectivity index (χ4v) is 7.02. The van der Waals surface area contributed by atoms with Crippen LogP contribution in [0.2, 0.25) is 0 Å². The summed E-state index contributed by atoms with van der Waals surface area (Å²) in [5.74, 6) is -2.13. The number of carboxylic acids is 1. The van der Waals surface area contributed by atoms with Gasteiger partial charge >= 0.3 is 5.97 Å². The third-order valence-electron chi connectivity index (χ3n) is 6.81.